The van der Waals surface area contributed by atoms with E-state index in [0.717, 1.165) is 29.9 Å². The first-order valence-electron chi connectivity index (χ1n) is 5.24. The molecule has 0 atom stereocenters. The Morgan fingerprint density at radius 3 is 2.88 bits per heavy atom. The molecule has 0 aliphatic heterocycles. The van der Waals surface area contributed by atoms with Crippen molar-refractivity contribution in [2.24, 2.45) is 0 Å². The summed E-state index contributed by atoms with van der Waals surface area (Å²) in [5.41, 5.74) is 0.619. The Labute approximate surface area is 98.9 Å². The summed E-state index contributed by atoms with van der Waals surface area (Å²) < 4.78 is 13.1. The summed E-state index contributed by atoms with van der Waals surface area (Å²) in [4.78, 5) is 10.7. The quantitative estimate of drug-likeness (QED) is 0.775. The van der Waals surface area contributed by atoms with Crippen LogP contribution in [0, 0.1) is 5.82 Å². The van der Waals surface area contributed by atoms with Gasteiger partial charge in [-0.2, -0.15) is 11.8 Å². The lowest BCUT2D eigenvalue weighted by Crippen LogP contribution is -2.01. The van der Waals surface area contributed by atoms with Crippen molar-refractivity contribution in [3.63, 3.8) is 0 Å². The van der Waals surface area contributed by atoms with Crippen LogP contribution < -0.4 is 0 Å². The van der Waals surface area contributed by atoms with E-state index in [9.17, 15) is 9.18 Å². The van der Waals surface area contributed by atoms with Crippen LogP contribution in [0.1, 0.15) is 35.7 Å². The lowest BCUT2D eigenvalue weighted by molar-refractivity contribution is 0.0692. The van der Waals surface area contributed by atoms with Crippen molar-refractivity contribution < 1.29 is 14.3 Å². The molecule has 4 heteroatoms. The predicted octanol–water partition coefficient (Wildman–Crippen LogP) is 3.56. The van der Waals surface area contributed by atoms with E-state index in [-0.39, 0.29) is 5.56 Å². The molecule has 1 N–H and O–H groups in total. The summed E-state index contributed by atoms with van der Waals surface area (Å²) in [6.45, 7) is 2.13. The van der Waals surface area contributed by atoms with E-state index in [1.54, 1.807) is 17.8 Å². The minimum Gasteiger partial charge on any atom is -0.478 e. The summed E-state index contributed by atoms with van der Waals surface area (Å²) in [5, 5.41) is 8.75. The smallest absolute Gasteiger partial charge is 0.338 e. The van der Waals surface area contributed by atoms with Crippen LogP contribution in [-0.4, -0.2) is 16.8 Å². The van der Waals surface area contributed by atoms with Crippen molar-refractivity contribution >= 4 is 17.7 Å². The molecule has 0 saturated carbocycles. The second-order valence-electron chi connectivity index (χ2n) is 3.53. The maximum atomic E-state index is 13.1. The van der Waals surface area contributed by atoms with E-state index in [4.69, 9.17) is 5.11 Å². The first-order valence-corrected chi connectivity index (χ1v) is 6.40. The van der Waals surface area contributed by atoms with Crippen LogP contribution in [0.25, 0.3) is 0 Å². The highest BCUT2D eigenvalue weighted by Gasteiger charge is 2.10. The Kier molecular flexibility index (Phi) is 5.32. The van der Waals surface area contributed by atoms with E-state index in [0.29, 0.717) is 0 Å². The van der Waals surface area contributed by atoms with Crippen molar-refractivity contribution in [2.45, 2.75) is 25.5 Å². The van der Waals surface area contributed by atoms with Crippen LogP contribution in [0.4, 0.5) is 4.39 Å². The van der Waals surface area contributed by atoms with Crippen LogP contribution in [0.15, 0.2) is 18.2 Å². The summed E-state index contributed by atoms with van der Waals surface area (Å²) >= 11 is 1.74. The molecule has 16 heavy (non-hydrogen) atoms. The molecule has 2 nitrogen and oxygen atoms in total. The van der Waals surface area contributed by atoms with E-state index in [1.165, 1.54) is 12.1 Å². The lowest BCUT2D eigenvalue weighted by atomic mass is 10.1. The van der Waals surface area contributed by atoms with Crippen LogP contribution in [0.2, 0.25) is 0 Å². The fraction of sp³-hybridized carbons (Fsp3) is 0.417. The van der Waals surface area contributed by atoms with Gasteiger partial charge < -0.3 is 5.11 Å². The highest BCUT2D eigenvalue weighted by Crippen LogP contribution is 2.17. The molecule has 0 spiro atoms. The van der Waals surface area contributed by atoms with Gasteiger partial charge in [0.05, 0.1) is 5.56 Å². The van der Waals surface area contributed by atoms with Crippen molar-refractivity contribution in [3.05, 3.63) is 35.1 Å². The molecule has 0 fully saturated rings. The Morgan fingerprint density at radius 1 is 1.50 bits per heavy atom. The molecule has 0 aliphatic carbocycles. The molecule has 0 aromatic heterocycles. The average molecular weight is 242 g/mol. The zero-order chi connectivity index (χ0) is 12.0. The Hall–Kier alpha value is -1.03. The third-order valence-electron chi connectivity index (χ3n) is 2.17. The number of hydrogen-bond acceptors (Lipinski definition) is 2. The van der Waals surface area contributed by atoms with Crippen molar-refractivity contribution in [1.82, 2.24) is 0 Å². The number of thioether (sulfide) groups is 1. The van der Waals surface area contributed by atoms with Gasteiger partial charge in [0, 0.05) is 5.75 Å². The third-order valence-corrected chi connectivity index (χ3v) is 3.29. The minimum atomic E-state index is -1.21. The van der Waals surface area contributed by atoms with Gasteiger partial charge in [-0.15, -0.1) is 0 Å². The minimum absolute atomic E-state index is 0.242. The molecule has 1 aromatic rings. The first-order chi connectivity index (χ1) is 7.65. The number of halogens is 1. The standard InChI is InChI=1S/C12H15FO2S/c1-2-3-6-16-8-9-4-5-11(13)10(7-9)12(14)15/h4-5,7H,2-3,6,8H2,1H3,(H,14,15). The molecule has 1 rings (SSSR count). The van der Waals surface area contributed by atoms with Gasteiger partial charge in [-0.1, -0.05) is 19.4 Å². The maximum Gasteiger partial charge on any atom is 0.338 e. The number of carbonyl (C=O) groups is 1. The van der Waals surface area contributed by atoms with Crippen LogP contribution in [0.3, 0.4) is 0 Å². The molecule has 1 aromatic carbocycles. The molecule has 0 amide bonds. The molecule has 0 radical (unpaired) electrons. The topological polar surface area (TPSA) is 37.3 Å². The summed E-state index contributed by atoms with van der Waals surface area (Å²) in [7, 11) is 0. The number of carboxylic acid groups (broad SMARTS) is 1. The summed E-state index contributed by atoms with van der Waals surface area (Å²) in [6, 6.07) is 4.27. The normalized spacial score (nSPS) is 10.4. The van der Waals surface area contributed by atoms with E-state index < -0.39 is 11.8 Å². The number of aromatic carboxylic acids is 1. The largest absolute Gasteiger partial charge is 0.478 e. The maximum absolute atomic E-state index is 13.1. The first kappa shape index (κ1) is 13.0. The molecular formula is C12H15FO2S. The number of benzene rings is 1. The van der Waals surface area contributed by atoms with Crippen molar-refractivity contribution in [3.8, 4) is 0 Å². The van der Waals surface area contributed by atoms with Crippen LogP contribution in [-0.2, 0) is 5.75 Å². The van der Waals surface area contributed by atoms with Gasteiger partial charge in [0.25, 0.3) is 0 Å². The van der Waals surface area contributed by atoms with Gasteiger partial charge in [-0.25, -0.2) is 9.18 Å². The lowest BCUT2D eigenvalue weighted by Gasteiger charge is -2.03. The van der Waals surface area contributed by atoms with E-state index in [1.807, 2.05) is 0 Å². The number of carboxylic acids is 1. The predicted molar refractivity (Wildman–Crippen MR) is 64.4 cm³/mol. The Balaban J connectivity index is 2.61. The van der Waals surface area contributed by atoms with Gasteiger partial charge in [0.2, 0.25) is 0 Å². The Morgan fingerprint density at radius 2 is 2.25 bits per heavy atom. The molecular weight excluding hydrogens is 227 g/mol. The number of unbranched alkanes of at least 4 members (excludes halogenated alkanes) is 1. The number of hydrogen-bond donors (Lipinski definition) is 1. The average Bonchev–Trinajstić information content (AvgIpc) is 2.26. The van der Waals surface area contributed by atoms with Gasteiger partial charge in [-0.05, 0) is 29.9 Å². The monoisotopic (exact) mass is 242 g/mol. The van der Waals surface area contributed by atoms with Crippen LogP contribution in [0.5, 0.6) is 0 Å². The fourth-order valence-electron chi connectivity index (χ4n) is 1.26. The molecule has 0 saturated heterocycles. The zero-order valence-corrected chi connectivity index (χ0v) is 10.0. The highest BCUT2D eigenvalue weighted by atomic mass is 32.2. The van der Waals surface area contributed by atoms with E-state index in [2.05, 4.69) is 6.92 Å². The molecule has 0 aliphatic rings. The molecule has 0 heterocycles. The Bertz CT molecular complexity index is 366. The number of rotatable bonds is 6. The third kappa shape index (κ3) is 3.85. The summed E-state index contributed by atoms with van der Waals surface area (Å²) in [6.07, 6.45) is 2.30. The molecule has 88 valence electrons. The van der Waals surface area contributed by atoms with E-state index >= 15 is 0 Å². The van der Waals surface area contributed by atoms with Crippen molar-refractivity contribution in [1.29, 1.82) is 0 Å². The summed E-state index contributed by atoms with van der Waals surface area (Å²) in [5.74, 6) is -0.0932. The van der Waals surface area contributed by atoms with Crippen LogP contribution >= 0.6 is 11.8 Å². The zero-order valence-electron chi connectivity index (χ0n) is 9.20. The molecule has 0 bridgehead atoms. The second kappa shape index (κ2) is 6.53. The van der Waals surface area contributed by atoms with Gasteiger partial charge in [0.1, 0.15) is 5.82 Å². The fourth-order valence-corrected chi connectivity index (χ4v) is 2.31. The second-order valence-corrected chi connectivity index (χ2v) is 4.63. The van der Waals surface area contributed by atoms with Gasteiger partial charge in [-0.3, -0.25) is 0 Å². The SMILES string of the molecule is CCCCSCc1ccc(F)c(C(=O)O)c1. The highest BCUT2D eigenvalue weighted by molar-refractivity contribution is 7.98. The van der Waals surface area contributed by atoms with Crippen molar-refractivity contribution in [2.75, 3.05) is 5.75 Å². The van der Waals surface area contributed by atoms with Gasteiger partial charge >= 0.3 is 5.97 Å². The van der Waals surface area contributed by atoms with Gasteiger partial charge in [0.15, 0.2) is 0 Å². The molecule has 0 unspecified atom stereocenters.